The van der Waals surface area contributed by atoms with Crippen molar-refractivity contribution in [2.45, 2.75) is 77.9 Å². The first kappa shape index (κ1) is 16.8. The van der Waals surface area contributed by atoms with Crippen molar-refractivity contribution in [1.82, 2.24) is 10.2 Å². The van der Waals surface area contributed by atoms with Crippen LogP contribution in [0.1, 0.15) is 60.3 Å². The summed E-state index contributed by atoms with van der Waals surface area (Å²) in [7, 11) is 0. The smallest absolute Gasteiger partial charge is 0.237 e. The molecular weight excluding hydrogens is 262 g/mol. The molecule has 21 heavy (non-hydrogen) atoms. The Balaban J connectivity index is 2.00. The molecule has 0 bridgehead atoms. The van der Waals surface area contributed by atoms with Crippen LogP contribution in [0.2, 0.25) is 0 Å². The SMILES string of the molecule is CC(C)NC1(C(N)=O)CCC(N2CCC(C(C)(C)C)C2)C1. The van der Waals surface area contributed by atoms with Gasteiger partial charge in [0.2, 0.25) is 5.91 Å². The van der Waals surface area contributed by atoms with Gasteiger partial charge in [0.15, 0.2) is 0 Å². The summed E-state index contributed by atoms with van der Waals surface area (Å²) >= 11 is 0. The highest BCUT2D eigenvalue weighted by atomic mass is 16.1. The van der Waals surface area contributed by atoms with Crippen LogP contribution in [-0.2, 0) is 4.79 Å². The molecule has 3 atom stereocenters. The maximum Gasteiger partial charge on any atom is 0.237 e. The van der Waals surface area contributed by atoms with Gasteiger partial charge in [-0.15, -0.1) is 0 Å². The van der Waals surface area contributed by atoms with E-state index in [0.29, 0.717) is 11.5 Å². The van der Waals surface area contributed by atoms with E-state index >= 15 is 0 Å². The van der Waals surface area contributed by atoms with E-state index in [0.717, 1.165) is 25.2 Å². The van der Waals surface area contributed by atoms with E-state index in [1.165, 1.54) is 19.5 Å². The first-order valence-electron chi connectivity index (χ1n) is 8.46. The second kappa shape index (κ2) is 5.88. The second-order valence-corrected chi connectivity index (χ2v) is 8.49. The van der Waals surface area contributed by atoms with Crippen molar-refractivity contribution in [3.05, 3.63) is 0 Å². The van der Waals surface area contributed by atoms with Gasteiger partial charge in [-0.3, -0.25) is 9.69 Å². The molecule has 1 aliphatic carbocycles. The van der Waals surface area contributed by atoms with Crippen LogP contribution >= 0.6 is 0 Å². The van der Waals surface area contributed by atoms with Gasteiger partial charge in [0.05, 0.1) is 5.54 Å². The zero-order chi connectivity index (χ0) is 15.8. The average Bonchev–Trinajstić information content (AvgIpc) is 2.93. The molecule has 1 amide bonds. The highest BCUT2D eigenvalue weighted by Crippen LogP contribution is 2.39. The minimum Gasteiger partial charge on any atom is -0.368 e. The van der Waals surface area contributed by atoms with Crippen LogP contribution in [0.3, 0.4) is 0 Å². The molecule has 2 aliphatic rings. The molecule has 1 saturated heterocycles. The van der Waals surface area contributed by atoms with Gasteiger partial charge >= 0.3 is 0 Å². The van der Waals surface area contributed by atoms with Gasteiger partial charge in [-0.05, 0) is 57.4 Å². The Morgan fingerprint density at radius 1 is 1.33 bits per heavy atom. The average molecular weight is 295 g/mol. The lowest BCUT2D eigenvalue weighted by Crippen LogP contribution is -2.56. The monoisotopic (exact) mass is 295 g/mol. The molecule has 0 radical (unpaired) electrons. The Kier molecular flexibility index (Phi) is 4.69. The van der Waals surface area contributed by atoms with Gasteiger partial charge in [-0.1, -0.05) is 20.8 Å². The van der Waals surface area contributed by atoms with Crippen LogP contribution in [-0.4, -0.2) is 41.5 Å². The molecule has 122 valence electrons. The van der Waals surface area contributed by atoms with Crippen LogP contribution in [0.15, 0.2) is 0 Å². The Hall–Kier alpha value is -0.610. The van der Waals surface area contributed by atoms with Crippen molar-refractivity contribution in [1.29, 1.82) is 0 Å². The molecule has 3 unspecified atom stereocenters. The summed E-state index contributed by atoms with van der Waals surface area (Å²) in [5.41, 5.74) is 5.61. The molecule has 0 spiro atoms. The zero-order valence-electron chi connectivity index (χ0n) is 14.4. The maximum atomic E-state index is 12.0. The molecule has 2 rings (SSSR count). The van der Waals surface area contributed by atoms with E-state index < -0.39 is 5.54 Å². The van der Waals surface area contributed by atoms with Crippen molar-refractivity contribution >= 4 is 5.91 Å². The van der Waals surface area contributed by atoms with Crippen molar-refractivity contribution in [2.24, 2.45) is 17.1 Å². The standard InChI is InChI=1S/C17H33N3O/c1-12(2)19-17(15(18)21)8-6-14(10-17)20-9-7-13(11-20)16(3,4)5/h12-14,19H,6-11H2,1-5H3,(H2,18,21). The van der Waals surface area contributed by atoms with E-state index in [2.05, 4.69) is 44.8 Å². The predicted octanol–water partition coefficient (Wildman–Crippen LogP) is 2.13. The molecule has 0 aromatic carbocycles. The van der Waals surface area contributed by atoms with Crippen molar-refractivity contribution in [3.8, 4) is 0 Å². The third kappa shape index (κ3) is 3.59. The van der Waals surface area contributed by atoms with Crippen LogP contribution < -0.4 is 11.1 Å². The number of primary amides is 1. The molecule has 0 aromatic heterocycles. The second-order valence-electron chi connectivity index (χ2n) is 8.49. The molecular formula is C17H33N3O. The summed E-state index contributed by atoms with van der Waals surface area (Å²) in [5.74, 6) is 0.587. The topological polar surface area (TPSA) is 58.4 Å². The number of hydrogen-bond acceptors (Lipinski definition) is 3. The van der Waals surface area contributed by atoms with Gasteiger partial charge in [-0.2, -0.15) is 0 Å². The van der Waals surface area contributed by atoms with E-state index in [1.54, 1.807) is 0 Å². The molecule has 0 aromatic rings. The third-order valence-electron chi connectivity index (χ3n) is 5.49. The fraction of sp³-hybridized carbons (Fsp3) is 0.941. The minimum absolute atomic E-state index is 0.176. The normalized spacial score (nSPS) is 34.8. The summed E-state index contributed by atoms with van der Waals surface area (Å²) in [6.45, 7) is 13.5. The number of hydrogen-bond donors (Lipinski definition) is 2. The Bertz CT molecular complexity index is 388. The van der Waals surface area contributed by atoms with Gasteiger partial charge in [-0.25, -0.2) is 0 Å². The van der Waals surface area contributed by atoms with Crippen molar-refractivity contribution in [2.75, 3.05) is 13.1 Å². The lowest BCUT2D eigenvalue weighted by Gasteiger charge is -2.32. The summed E-state index contributed by atoms with van der Waals surface area (Å²) in [5, 5.41) is 3.45. The van der Waals surface area contributed by atoms with E-state index in [4.69, 9.17) is 5.73 Å². The molecule has 4 nitrogen and oxygen atoms in total. The lowest BCUT2D eigenvalue weighted by molar-refractivity contribution is -0.124. The number of likely N-dealkylation sites (tertiary alicyclic amines) is 1. The van der Waals surface area contributed by atoms with Crippen molar-refractivity contribution < 1.29 is 4.79 Å². The first-order valence-corrected chi connectivity index (χ1v) is 8.46. The van der Waals surface area contributed by atoms with E-state index in [9.17, 15) is 4.79 Å². The highest BCUT2D eigenvalue weighted by molar-refractivity contribution is 5.85. The molecule has 4 heteroatoms. The van der Waals surface area contributed by atoms with Gasteiger partial charge in [0.25, 0.3) is 0 Å². The number of carbonyl (C=O) groups excluding carboxylic acids is 1. The summed E-state index contributed by atoms with van der Waals surface area (Å²) in [6.07, 6.45) is 4.11. The predicted molar refractivity (Wildman–Crippen MR) is 87.0 cm³/mol. The molecule has 1 heterocycles. The lowest BCUT2D eigenvalue weighted by atomic mass is 9.80. The van der Waals surface area contributed by atoms with E-state index in [1.807, 2.05) is 0 Å². The quantitative estimate of drug-likeness (QED) is 0.835. The van der Waals surface area contributed by atoms with E-state index in [-0.39, 0.29) is 11.9 Å². The minimum atomic E-state index is -0.487. The summed E-state index contributed by atoms with van der Waals surface area (Å²) in [4.78, 5) is 14.6. The Morgan fingerprint density at radius 3 is 2.48 bits per heavy atom. The number of rotatable bonds is 4. The van der Waals surface area contributed by atoms with Gasteiger partial charge in [0, 0.05) is 18.6 Å². The molecule has 1 saturated carbocycles. The first-order chi connectivity index (χ1) is 9.64. The zero-order valence-corrected chi connectivity index (χ0v) is 14.4. The summed E-state index contributed by atoms with van der Waals surface area (Å²) in [6, 6.07) is 0.799. The Morgan fingerprint density at radius 2 is 2.00 bits per heavy atom. The number of nitrogens with zero attached hydrogens (tertiary/aromatic N) is 1. The van der Waals surface area contributed by atoms with Crippen LogP contribution in [0.25, 0.3) is 0 Å². The highest BCUT2D eigenvalue weighted by Gasteiger charge is 2.47. The fourth-order valence-electron chi connectivity index (χ4n) is 4.14. The summed E-state index contributed by atoms with van der Waals surface area (Å²) < 4.78 is 0. The van der Waals surface area contributed by atoms with Crippen LogP contribution in [0.5, 0.6) is 0 Å². The van der Waals surface area contributed by atoms with Crippen molar-refractivity contribution in [3.63, 3.8) is 0 Å². The fourth-order valence-corrected chi connectivity index (χ4v) is 4.14. The molecule has 3 N–H and O–H groups in total. The maximum absolute atomic E-state index is 12.0. The number of carbonyl (C=O) groups is 1. The van der Waals surface area contributed by atoms with Gasteiger partial charge < -0.3 is 11.1 Å². The molecule has 2 fully saturated rings. The van der Waals surface area contributed by atoms with Gasteiger partial charge in [0.1, 0.15) is 0 Å². The molecule has 1 aliphatic heterocycles. The number of amides is 1. The van der Waals surface area contributed by atoms with Crippen LogP contribution in [0, 0.1) is 11.3 Å². The third-order valence-corrected chi connectivity index (χ3v) is 5.49. The number of nitrogens with two attached hydrogens (primary N) is 1. The number of nitrogens with one attached hydrogen (secondary N) is 1. The largest absolute Gasteiger partial charge is 0.368 e. The Labute approximate surface area is 129 Å². The van der Waals surface area contributed by atoms with Crippen LogP contribution in [0.4, 0.5) is 0 Å².